The Hall–Kier alpha value is -2.82. The van der Waals surface area contributed by atoms with Crippen molar-refractivity contribution in [2.75, 3.05) is 13.2 Å². The highest BCUT2D eigenvalue weighted by atomic mass is 16.5. The van der Waals surface area contributed by atoms with E-state index in [9.17, 15) is 9.59 Å². The highest BCUT2D eigenvalue weighted by Crippen LogP contribution is 2.29. The van der Waals surface area contributed by atoms with Crippen LogP contribution in [0.5, 0.6) is 5.75 Å². The summed E-state index contributed by atoms with van der Waals surface area (Å²) in [6.07, 6.45) is 0.580. The summed E-state index contributed by atoms with van der Waals surface area (Å²) in [5.74, 6) is 0.625. The molecule has 0 aliphatic carbocycles. The van der Waals surface area contributed by atoms with Crippen LogP contribution in [0.4, 0.5) is 4.79 Å². The number of amides is 3. The molecule has 142 valence electrons. The van der Waals surface area contributed by atoms with Gasteiger partial charge in [-0.2, -0.15) is 0 Å². The van der Waals surface area contributed by atoms with Gasteiger partial charge in [0, 0.05) is 6.54 Å². The molecule has 1 atom stereocenters. The van der Waals surface area contributed by atoms with Crippen LogP contribution in [0.3, 0.4) is 0 Å². The van der Waals surface area contributed by atoms with E-state index in [0.717, 1.165) is 28.0 Å². The number of aryl methyl sites for hydroxylation is 3. The monoisotopic (exact) mass is 366 g/mol. The van der Waals surface area contributed by atoms with Gasteiger partial charge >= 0.3 is 6.03 Å². The van der Waals surface area contributed by atoms with Crippen molar-refractivity contribution >= 4 is 11.9 Å². The number of carbonyl (C=O) groups is 2. The van der Waals surface area contributed by atoms with Gasteiger partial charge in [-0.05, 0) is 56.9 Å². The Morgan fingerprint density at radius 2 is 1.67 bits per heavy atom. The molecule has 0 spiro atoms. The summed E-state index contributed by atoms with van der Waals surface area (Å²) >= 11 is 0. The van der Waals surface area contributed by atoms with E-state index in [-0.39, 0.29) is 11.9 Å². The summed E-state index contributed by atoms with van der Waals surface area (Å²) in [4.78, 5) is 26.5. The molecule has 3 amide bonds. The third-order valence-corrected chi connectivity index (χ3v) is 5.03. The molecule has 0 bridgehead atoms. The van der Waals surface area contributed by atoms with E-state index in [1.54, 1.807) is 6.92 Å². The summed E-state index contributed by atoms with van der Waals surface area (Å²) in [7, 11) is 0. The molecule has 0 aromatic heterocycles. The molecule has 1 heterocycles. The summed E-state index contributed by atoms with van der Waals surface area (Å²) in [5.41, 5.74) is 3.10. The van der Waals surface area contributed by atoms with Gasteiger partial charge in [-0.25, -0.2) is 4.79 Å². The van der Waals surface area contributed by atoms with Crippen molar-refractivity contribution in [1.82, 2.24) is 10.2 Å². The maximum Gasteiger partial charge on any atom is 0.325 e. The fraction of sp³-hybridized carbons (Fsp3) is 0.364. The van der Waals surface area contributed by atoms with E-state index >= 15 is 0 Å². The molecule has 1 fully saturated rings. The summed E-state index contributed by atoms with van der Waals surface area (Å²) in [6, 6.07) is 13.4. The van der Waals surface area contributed by atoms with Gasteiger partial charge in [-0.3, -0.25) is 9.69 Å². The van der Waals surface area contributed by atoms with E-state index < -0.39 is 5.54 Å². The zero-order chi connectivity index (χ0) is 19.6. The van der Waals surface area contributed by atoms with E-state index in [0.29, 0.717) is 19.6 Å². The van der Waals surface area contributed by atoms with Crippen LogP contribution in [0.25, 0.3) is 0 Å². The lowest BCUT2D eigenvalue weighted by Gasteiger charge is -2.22. The molecule has 1 aliphatic rings. The maximum atomic E-state index is 12.9. The van der Waals surface area contributed by atoms with Crippen molar-refractivity contribution in [3.63, 3.8) is 0 Å². The third-order valence-electron chi connectivity index (χ3n) is 5.03. The topological polar surface area (TPSA) is 58.6 Å². The zero-order valence-electron chi connectivity index (χ0n) is 16.3. The Labute approximate surface area is 160 Å². The lowest BCUT2D eigenvalue weighted by atomic mass is 9.91. The second-order valence-electron chi connectivity index (χ2n) is 7.35. The van der Waals surface area contributed by atoms with E-state index in [1.165, 1.54) is 4.90 Å². The van der Waals surface area contributed by atoms with Crippen molar-refractivity contribution < 1.29 is 14.3 Å². The molecule has 1 N–H and O–H groups in total. The average molecular weight is 366 g/mol. The second kappa shape index (κ2) is 7.43. The molecule has 1 saturated heterocycles. The Morgan fingerprint density at radius 3 is 2.37 bits per heavy atom. The Balaban J connectivity index is 1.61. The van der Waals surface area contributed by atoms with Crippen molar-refractivity contribution in [1.29, 1.82) is 0 Å². The molecule has 1 unspecified atom stereocenters. The van der Waals surface area contributed by atoms with Crippen molar-refractivity contribution in [3.05, 3.63) is 64.7 Å². The van der Waals surface area contributed by atoms with Gasteiger partial charge in [-0.1, -0.05) is 42.0 Å². The minimum absolute atomic E-state index is 0.219. The molecule has 0 radical (unpaired) electrons. The van der Waals surface area contributed by atoms with Gasteiger partial charge in [-0.15, -0.1) is 0 Å². The van der Waals surface area contributed by atoms with Crippen LogP contribution in [0.1, 0.15) is 35.6 Å². The first-order valence-electron chi connectivity index (χ1n) is 9.22. The minimum Gasteiger partial charge on any atom is -0.493 e. The highest BCUT2D eigenvalue weighted by molar-refractivity contribution is 6.07. The van der Waals surface area contributed by atoms with Crippen molar-refractivity contribution in [2.45, 2.75) is 39.7 Å². The number of carbonyl (C=O) groups excluding carboxylic acids is 2. The standard InChI is InChI=1S/C22H26N2O3/c1-15-7-10-18(11-8-15)22(4)20(25)24(21(26)23-22)12-5-13-27-19-14-16(2)6-9-17(19)3/h6-11,14H,5,12-13H2,1-4H3,(H,23,26). The first kappa shape index (κ1) is 19.0. The van der Waals surface area contributed by atoms with Gasteiger partial charge in [0.15, 0.2) is 0 Å². The Kier molecular flexibility index (Phi) is 5.22. The van der Waals surface area contributed by atoms with Crippen LogP contribution < -0.4 is 10.1 Å². The van der Waals surface area contributed by atoms with Crippen LogP contribution in [-0.2, 0) is 10.3 Å². The summed E-state index contributed by atoms with van der Waals surface area (Å²) in [6.45, 7) is 8.54. The van der Waals surface area contributed by atoms with Gasteiger partial charge < -0.3 is 10.1 Å². The number of nitrogens with one attached hydrogen (secondary N) is 1. The maximum absolute atomic E-state index is 12.9. The number of rotatable bonds is 6. The average Bonchev–Trinajstić information content (AvgIpc) is 2.85. The largest absolute Gasteiger partial charge is 0.493 e. The second-order valence-corrected chi connectivity index (χ2v) is 7.35. The lowest BCUT2D eigenvalue weighted by molar-refractivity contribution is -0.131. The number of benzene rings is 2. The Morgan fingerprint density at radius 1 is 1.00 bits per heavy atom. The van der Waals surface area contributed by atoms with Gasteiger partial charge in [0.1, 0.15) is 11.3 Å². The number of nitrogens with zero attached hydrogens (tertiary/aromatic N) is 1. The van der Waals surface area contributed by atoms with Crippen molar-refractivity contribution in [2.24, 2.45) is 0 Å². The van der Waals surface area contributed by atoms with Gasteiger partial charge in [0.05, 0.1) is 6.61 Å². The first-order valence-corrected chi connectivity index (χ1v) is 9.22. The SMILES string of the molecule is Cc1ccc(C2(C)NC(=O)N(CCCOc3cc(C)ccc3C)C2=O)cc1. The minimum atomic E-state index is -1.02. The molecule has 5 heteroatoms. The molecule has 0 saturated carbocycles. The molecular formula is C22H26N2O3. The number of urea groups is 1. The van der Waals surface area contributed by atoms with E-state index in [1.807, 2.05) is 63.2 Å². The van der Waals surface area contributed by atoms with Gasteiger partial charge in [0.2, 0.25) is 0 Å². The van der Waals surface area contributed by atoms with Crippen molar-refractivity contribution in [3.8, 4) is 5.75 Å². The third kappa shape index (κ3) is 3.82. The predicted molar refractivity (Wildman–Crippen MR) is 105 cm³/mol. The molecule has 3 rings (SSSR count). The molecule has 5 nitrogen and oxygen atoms in total. The van der Waals surface area contributed by atoms with Crippen LogP contribution in [-0.4, -0.2) is 30.0 Å². The van der Waals surface area contributed by atoms with Crippen LogP contribution in [0.15, 0.2) is 42.5 Å². The smallest absolute Gasteiger partial charge is 0.325 e. The van der Waals surface area contributed by atoms with Gasteiger partial charge in [0.25, 0.3) is 5.91 Å². The summed E-state index contributed by atoms with van der Waals surface area (Å²) in [5, 5.41) is 2.84. The highest BCUT2D eigenvalue weighted by Gasteiger charge is 2.48. The predicted octanol–water partition coefficient (Wildman–Crippen LogP) is 3.85. The molecule has 27 heavy (non-hydrogen) atoms. The molecular weight excluding hydrogens is 340 g/mol. The lowest BCUT2D eigenvalue weighted by Crippen LogP contribution is -2.41. The molecule has 1 aliphatic heterocycles. The van der Waals surface area contributed by atoms with E-state index in [4.69, 9.17) is 4.74 Å². The number of ether oxygens (including phenoxy) is 1. The fourth-order valence-corrected chi connectivity index (χ4v) is 3.25. The molecule has 2 aromatic rings. The number of imide groups is 1. The zero-order valence-corrected chi connectivity index (χ0v) is 16.3. The van der Waals surface area contributed by atoms with Crippen LogP contribution in [0, 0.1) is 20.8 Å². The number of hydrogen-bond donors (Lipinski definition) is 1. The quantitative estimate of drug-likeness (QED) is 0.624. The molecule has 2 aromatic carbocycles. The van der Waals surface area contributed by atoms with Crippen LogP contribution >= 0.6 is 0 Å². The number of hydrogen-bond acceptors (Lipinski definition) is 3. The van der Waals surface area contributed by atoms with Crippen LogP contribution in [0.2, 0.25) is 0 Å². The normalized spacial score (nSPS) is 19.3. The summed E-state index contributed by atoms with van der Waals surface area (Å²) < 4.78 is 5.83. The fourth-order valence-electron chi connectivity index (χ4n) is 3.25. The first-order chi connectivity index (χ1) is 12.8. The van der Waals surface area contributed by atoms with E-state index in [2.05, 4.69) is 5.32 Å². The Bertz CT molecular complexity index is 860.